The zero-order valence-corrected chi connectivity index (χ0v) is 33.1. The molecule has 0 radical (unpaired) electrons. The van der Waals surface area contributed by atoms with E-state index >= 15 is 0 Å². The summed E-state index contributed by atoms with van der Waals surface area (Å²) < 4.78 is 19.7. The van der Waals surface area contributed by atoms with Crippen LogP contribution in [0.4, 0.5) is 0 Å². The Balaban J connectivity index is 0.000000159. The van der Waals surface area contributed by atoms with Gasteiger partial charge in [0, 0.05) is 0 Å². The highest BCUT2D eigenvalue weighted by atomic mass is 16.5. The molecule has 4 heteroatoms. The molecule has 0 saturated heterocycles. The quantitative estimate of drug-likeness (QED) is 0.170. The van der Waals surface area contributed by atoms with Gasteiger partial charge < -0.3 is 18.9 Å². The monoisotopic (exact) mass is 750 g/mol. The molecule has 1 aliphatic carbocycles. The van der Waals surface area contributed by atoms with Crippen LogP contribution in [0.3, 0.4) is 0 Å². The maximum Gasteiger partial charge on any atom is 0.118 e. The molecule has 0 spiro atoms. The summed E-state index contributed by atoms with van der Waals surface area (Å²) in [5.74, 6) is 3.64. The second kappa shape index (κ2) is 22.4. The van der Waals surface area contributed by atoms with Gasteiger partial charge in [-0.1, -0.05) is 182 Å². The Morgan fingerprint density at radius 1 is 0.246 bits per heavy atom. The van der Waals surface area contributed by atoms with Crippen molar-refractivity contribution in [3.8, 4) is 34.1 Å². The van der Waals surface area contributed by atoms with Gasteiger partial charge in [-0.3, -0.25) is 0 Å². The summed E-state index contributed by atoms with van der Waals surface area (Å²) in [4.78, 5) is 0. The van der Waals surface area contributed by atoms with Gasteiger partial charge in [-0.2, -0.15) is 0 Å². The van der Waals surface area contributed by atoms with Gasteiger partial charge in [0.1, 0.15) is 23.0 Å². The SMILES string of the molecule is COc1ccccc1.COc1ccccc1.COc1ccccc1.COc1ccccc1.c1ccc(C2(c3ccccc3)c3ccccc3-c3ccccc32)cc1. The fraction of sp³-hybridized carbons (Fsp3) is 0.0943. The van der Waals surface area contributed by atoms with Crippen LogP contribution in [0, 0.1) is 0 Å². The number of fused-ring (bicyclic) bond motifs is 3. The van der Waals surface area contributed by atoms with E-state index in [9.17, 15) is 0 Å². The number of methoxy groups -OCH3 is 4. The van der Waals surface area contributed by atoms with Crippen LogP contribution in [0.5, 0.6) is 23.0 Å². The van der Waals surface area contributed by atoms with Crippen LogP contribution in [0.15, 0.2) is 231 Å². The Kier molecular flexibility index (Phi) is 16.1. The van der Waals surface area contributed by atoms with Crippen LogP contribution in [-0.4, -0.2) is 28.4 Å². The van der Waals surface area contributed by atoms with E-state index in [2.05, 4.69) is 109 Å². The summed E-state index contributed by atoms with van der Waals surface area (Å²) in [6, 6.07) is 78.2. The summed E-state index contributed by atoms with van der Waals surface area (Å²) in [5.41, 5.74) is 7.80. The molecule has 8 aromatic rings. The van der Waals surface area contributed by atoms with Gasteiger partial charge >= 0.3 is 0 Å². The van der Waals surface area contributed by atoms with E-state index in [4.69, 9.17) is 18.9 Å². The summed E-state index contributed by atoms with van der Waals surface area (Å²) >= 11 is 0. The van der Waals surface area contributed by atoms with Crippen LogP contribution < -0.4 is 18.9 Å². The van der Waals surface area contributed by atoms with Crippen LogP contribution in [-0.2, 0) is 5.41 Å². The fourth-order valence-corrected chi connectivity index (χ4v) is 6.63. The Hall–Kier alpha value is -7.04. The van der Waals surface area contributed by atoms with Gasteiger partial charge in [-0.25, -0.2) is 0 Å². The molecule has 0 N–H and O–H groups in total. The number of benzene rings is 8. The third-order valence-corrected chi connectivity index (χ3v) is 9.28. The molecule has 286 valence electrons. The van der Waals surface area contributed by atoms with E-state index in [0.29, 0.717) is 0 Å². The third kappa shape index (κ3) is 11.0. The third-order valence-electron chi connectivity index (χ3n) is 9.28. The van der Waals surface area contributed by atoms with Gasteiger partial charge in [0.2, 0.25) is 0 Å². The lowest BCUT2D eigenvalue weighted by molar-refractivity contribution is 0.414. The van der Waals surface area contributed by atoms with Gasteiger partial charge in [0.05, 0.1) is 33.9 Å². The highest BCUT2D eigenvalue weighted by molar-refractivity contribution is 5.86. The molecule has 0 fully saturated rings. The van der Waals surface area contributed by atoms with Crippen LogP contribution in [0.25, 0.3) is 11.1 Å². The van der Waals surface area contributed by atoms with E-state index in [1.807, 2.05) is 121 Å². The zero-order chi connectivity index (χ0) is 40.0. The van der Waals surface area contributed by atoms with Crippen molar-refractivity contribution < 1.29 is 18.9 Å². The molecule has 0 bridgehead atoms. The number of rotatable bonds is 6. The smallest absolute Gasteiger partial charge is 0.118 e. The number of hydrogen-bond acceptors (Lipinski definition) is 4. The van der Waals surface area contributed by atoms with Crippen molar-refractivity contribution in [2.24, 2.45) is 0 Å². The normalized spacial score (nSPS) is 10.9. The van der Waals surface area contributed by atoms with Crippen molar-refractivity contribution in [1.82, 2.24) is 0 Å². The van der Waals surface area contributed by atoms with Crippen LogP contribution in [0.1, 0.15) is 22.3 Å². The fourth-order valence-electron chi connectivity index (χ4n) is 6.63. The number of hydrogen-bond donors (Lipinski definition) is 0. The lowest BCUT2D eigenvalue weighted by Crippen LogP contribution is -2.28. The second-order valence-corrected chi connectivity index (χ2v) is 12.6. The minimum atomic E-state index is -0.254. The maximum absolute atomic E-state index is 4.91. The standard InChI is InChI=1S/C25H18.4C7H8O/c1-3-11-19(12-4-1)25(20-13-5-2-6-14-20)23-17-9-7-15-21(23)22-16-8-10-18-24(22)25;4*1-8-7-5-3-2-4-6-7/h1-18H;4*2-6H,1H3. The number of ether oxygens (including phenoxy) is 4. The maximum atomic E-state index is 4.91. The van der Waals surface area contributed by atoms with Crippen LogP contribution in [0.2, 0.25) is 0 Å². The van der Waals surface area contributed by atoms with Gasteiger partial charge in [0.25, 0.3) is 0 Å². The molecule has 9 rings (SSSR count). The van der Waals surface area contributed by atoms with Crippen molar-refractivity contribution >= 4 is 0 Å². The minimum absolute atomic E-state index is 0.254. The molecule has 57 heavy (non-hydrogen) atoms. The van der Waals surface area contributed by atoms with Gasteiger partial charge in [0.15, 0.2) is 0 Å². The first-order valence-electron chi connectivity index (χ1n) is 18.8. The zero-order valence-electron chi connectivity index (χ0n) is 33.1. The summed E-state index contributed by atoms with van der Waals surface area (Å²) in [6.45, 7) is 0. The van der Waals surface area contributed by atoms with Crippen molar-refractivity contribution in [2.45, 2.75) is 5.41 Å². The van der Waals surface area contributed by atoms with Gasteiger partial charge in [-0.15, -0.1) is 0 Å². The summed E-state index contributed by atoms with van der Waals surface area (Å²) in [6.07, 6.45) is 0. The first-order chi connectivity index (χ1) is 28.1. The molecule has 1 aliphatic rings. The molecule has 0 heterocycles. The number of para-hydroxylation sites is 4. The van der Waals surface area contributed by atoms with E-state index < -0.39 is 0 Å². The van der Waals surface area contributed by atoms with Crippen molar-refractivity contribution in [2.75, 3.05) is 28.4 Å². The molecule has 0 saturated carbocycles. The second-order valence-electron chi connectivity index (χ2n) is 12.6. The first kappa shape index (κ1) is 41.1. The highest BCUT2D eigenvalue weighted by Crippen LogP contribution is 2.55. The van der Waals surface area contributed by atoms with Crippen molar-refractivity contribution in [3.63, 3.8) is 0 Å². The highest BCUT2D eigenvalue weighted by Gasteiger charge is 2.45. The Morgan fingerprint density at radius 3 is 0.684 bits per heavy atom. The lowest BCUT2D eigenvalue weighted by atomic mass is 9.68. The van der Waals surface area contributed by atoms with Crippen molar-refractivity contribution in [3.05, 3.63) is 253 Å². The van der Waals surface area contributed by atoms with E-state index in [-0.39, 0.29) is 5.41 Å². The van der Waals surface area contributed by atoms with Crippen LogP contribution >= 0.6 is 0 Å². The van der Waals surface area contributed by atoms with Gasteiger partial charge in [-0.05, 0) is 81.9 Å². The first-order valence-corrected chi connectivity index (χ1v) is 18.8. The predicted molar refractivity (Wildman–Crippen MR) is 236 cm³/mol. The topological polar surface area (TPSA) is 36.9 Å². The molecular formula is C53H50O4. The summed E-state index contributed by atoms with van der Waals surface area (Å²) in [7, 11) is 6.65. The van der Waals surface area contributed by atoms with E-state index in [0.717, 1.165) is 23.0 Å². The molecule has 0 unspecified atom stereocenters. The molecule has 4 nitrogen and oxygen atoms in total. The predicted octanol–water partition coefficient (Wildman–Crippen LogP) is 12.8. The largest absolute Gasteiger partial charge is 0.497 e. The average molecular weight is 751 g/mol. The Bertz CT molecular complexity index is 2020. The summed E-state index contributed by atoms with van der Waals surface area (Å²) in [5, 5.41) is 0. The molecule has 0 aliphatic heterocycles. The molecule has 0 aromatic heterocycles. The lowest BCUT2D eigenvalue weighted by Gasteiger charge is -2.33. The average Bonchev–Trinajstić information content (AvgIpc) is 3.62. The van der Waals surface area contributed by atoms with E-state index in [1.165, 1.54) is 33.4 Å². The molecule has 0 atom stereocenters. The minimum Gasteiger partial charge on any atom is -0.497 e. The molecule has 0 amide bonds. The molecule has 8 aromatic carbocycles. The van der Waals surface area contributed by atoms with E-state index in [1.54, 1.807) is 28.4 Å². The Labute approximate surface area is 338 Å². The Morgan fingerprint density at radius 2 is 0.456 bits per heavy atom. The van der Waals surface area contributed by atoms with Crippen molar-refractivity contribution in [1.29, 1.82) is 0 Å². The molecular weight excluding hydrogens is 701 g/mol.